The summed E-state index contributed by atoms with van der Waals surface area (Å²) in [6, 6.07) is 0. The summed E-state index contributed by atoms with van der Waals surface area (Å²) >= 11 is 0. The second-order valence-corrected chi connectivity index (χ2v) is 2.74. The summed E-state index contributed by atoms with van der Waals surface area (Å²) in [6.07, 6.45) is 0. The normalized spacial score (nSPS) is 8.40. The van der Waals surface area contributed by atoms with E-state index < -0.39 is 0 Å². The molecule has 0 rings (SSSR count). The highest BCUT2D eigenvalue weighted by Gasteiger charge is 2.02. The van der Waals surface area contributed by atoms with Gasteiger partial charge >= 0.3 is 0 Å². The molecule has 2 nitrogen and oxygen atoms in total. The highest BCUT2D eigenvalue weighted by atomic mass is 127. The molecule has 0 saturated heterocycles. The van der Waals surface area contributed by atoms with Crippen molar-refractivity contribution in [1.82, 2.24) is 0 Å². The highest BCUT2D eigenvalue weighted by Crippen LogP contribution is 1.84. The molecule has 0 unspecified atom stereocenters. The van der Waals surface area contributed by atoms with E-state index in [0.717, 1.165) is 11.0 Å². The number of aliphatic hydroxyl groups is 1. The zero-order chi connectivity index (χ0) is 5.91. The molecular weight excluding hydrogens is 471 g/mol. The van der Waals surface area contributed by atoms with E-state index in [1.807, 2.05) is 0 Å². The summed E-state index contributed by atoms with van der Waals surface area (Å²) in [5, 5.41) is 8.39. The molecule has 0 aliphatic rings. The average molecular weight is 487 g/mol. The standard InChI is InChI=1S/C5H14NO.3HI/c1-6(2,3)4-5-7;;;/h7H,4-5H2,1-3H3;3*1H/q+1;;;/p-1. The van der Waals surface area contributed by atoms with Gasteiger partial charge < -0.3 is 33.6 Å². The molecule has 0 aliphatic heterocycles. The van der Waals surface area contributed by atoms with Gasteiger partial charge in [0.25, 0.3) is 0 Å². The first-order chi connectivity index (χ1) is 3.06. The molecule has 0 heterocycles. The molecule has 0 aromatic carbocycles. The van der Waals surface area contributed by atoms with Crippen molar-refractivity contribution in [2.45, 2.75) is 0 Å². The van der Waals surface area contributed by atoms with Gasteiger partial charge in [0.15, 0.2) is 0 Å². The molecule has 0 bridgehead atoms. The molecule has 0 saturated carbocycles. The van der Waals surface area contributed by atoms with Crippen molar-refractivity contribution in [3.63, 3.8) is 0 Å². The van der Waals surface area contributed by atoms with E-state index in [4.69, 9.17) is 5.11 Å². The third-order valence-corrected chi connectivity index (χ3v) is 0.771. The Hall–Kier alpha value is 2.11. The van der Waals surface area contributed by atoms with Crippen molar-refractivity contribution in [1.29, 1.82) is 0 Å². The SMILES string of the molecule is C[N+](C)(C)CCO.I.I.[I-]. The molecule has 0 spiro atoms. The lowest BCUT2D eigenvalue weighted by molar-refractivity contribution is -0.870. The fraction of sp³-hybridized carbons (Fsp3) is 1.00. The summed E-state index contributed by atoms with van der Waals surface area (Å²) in [7, 11) is 6.16. The third kappa shape index (κ3) is 22.5. The van der Waals surface area contributed by atoms with Crippen LogP contribution in [0.2, 0.25) is 0 Å². The van der Waals surface area contributed by atoms with E-state index in [-0.39, 0.29) is 78.5 Å². The number of hydrogen-bond donors (Lipinski definition) is 1. The zero-order valence-electron chi connectivity index (χ0n) is 6.50. The maximum Gasteiger partial charge on any atom is 0.101 e. The summed E-state index contributed by atoms with van der Waals surface area (Å²) in [5.74, 6) is 0. The number of quaternary nitrogens is 1. The Kier molecular flexibility index (Phi) is 25.2. The van der Waals surface area contributed by atoms with Gasteiger partial charge in [0.2, 0.25) is 0 Å². The number of hydrogen-bond acceptors (Lipinski definition) is 1. The molecule has 0 radical (unpaired) electrons. The molecule has 1 N–H and O–H groups in total. The van der Waals surface area contributed by atoms with Gasteiger partial charge in [-0.2, -0.15) is 0 Å². The van der Waals surface area contributed by atoms with Crippen LogP contribution in [0.1, 0.15) is 0 Å². The zero-order valence-corrected chi connectivity index (χ0v) is 13.3. The van der Waals surface area contributed by atoms with E-state index in [2.05, 4.69) is 21.1 Å². The van der Waals surface area contributed by atoms with E-state index in [9.17, 15) is 0 Å². The molecule has 68 valence electrons. The number of rotatable bonds is 2. The maximum atomic E-state index is 8.39. The van der Waals surface area contributed by atoms with Gasteiger partial charge in [0.1, 0.15) is 6.54 Å². The van der Waals surface area contributed by atoms with Crippen molar-refractivity contribution >= 4 is 48.0 Å². The lowest BCUT2D eigenvalue weighted by Gasteiger charge is -2.21. The lowest BCUT2D eigenvalue weighted by Crippen LogP contribution is -3.00. The van der Waals surface area contributed by atoms with Crippen molar-refractivity contribution in [2.75, 3.05) is 34.3 Å². The van der Waals surface area contributed by atoms with Gasteiger partial charge in [-0.25, -0.2) is 0 Å². The van der Waals surface area contributed by atoms with Crippen LogP contribution in [0.15, 0.2) is 0 Å². The molecule has 5 heteroatoms. The van der Waals surface area contributed by atoms with Crippen LogP contribution in [0.4, 0.5) is 0 Å². The Morgan fingerprint density at radius 1 is 1.10 bits per heavy atom. The summed E-state index contributed by atoms with van der Waals surface area (Å²) in [6.45, 7) is 1.11. The van der Waals surface area contributed by atoms with E-state index in [1.165, 1.54) is 0 Å². The van der Waals surface area contributed by atoms with Crippen LogP contribution < -0.4 is 24.0 Å². The summed E-state index contributed by atoms with van der Waals surface area (Å²) < 4.78 is 0.844. The van der Waals surface area contributed by atoms with E-state index in [0.29, 0.717) is 0 Å². The Morgan fingerprint density at radius 3 is 1.40 bits per heavy atom. The Labute approximate surface area is 114 Å². The van der Waals surface area contributed by atoms with Gasteiger partial charge in [0.05, 0.1) is 27.7 Å². The van der Waals surface area contributed by atoms with Gasteiger partial charge in [-0.3, -0.25) is 0 Å². The van der Waals surface area contributed by atoms with Crippen molar-refractivity contribution < 1.29 is 33.6 Å². The minimum absolute atomic E-state index is 0. The fourth-order valence-corrected chi connectivity index (χ4v) is 0.300. The van der Waals surface area contributed by atoms with Crippen LogP contribution in [0.5, 0.6) is 0 Å². The van der Waals surface area contributed by atoms with Crippen molar-refractivity contribution in [3.8, 4) is 0 Å². The van der Waals surface area contributed by atoms with Crippen LogP contribution in [-0.4, -0.2) is 43.9 Å². The monoisotopic (exact) mass is 487 g/mol. The largest absolute Gasteiger partial charge is 1.00 e. The number of likely N-dealkylation sites (N-methyl/N-ethyl adjacent to an activating group) is 1. The topological polar surface area (TPSA) is 20.2 Å². The summed E-state index contributed by atoms with van der Waals surface area (Å²) in [4.78, 5) is 0. The molecule has 0 aliphatic carbocycles. The first kappa shape index (κ1) is 22.7. The second kappa shape index (κ2) is 11.1. The second-order valence-electron chi connectivity index (χ2n) is 2.74. The molecule has 0 aromatic rings. The number of aliphatic hydroxyl groups excluding tert-OH is 1. The molecular formula is C5H16I3NO. The van der Waals surface area contributed by atoms with Crippen molar-refractivity contribution in [3.05, 3.63) is 0 Å². The van der Waals surface area contributed by atoms with Crippen LogP contribution >= 0.6 is 48.0 Å². The van der Waals surface area contributed by atoms with Crippen LogP contribution in [0, 0.1) is 0 Å². The van der Waals surface area contributed by atoms with Gasteiger partial charge in [-0.05, 0) is 0 Å². The number of nitrogens with zero attached hydrogens (tertiary/aromatic N) is 1. The quantitative estimate of drug-likeness (QED) is 0.351. The average Bonchev–Trinajstić information content (AvgIpc) is 1.30. The molecule has 0 atom stereocenters. The van der Waals surface area contributed by atoms with Gasteiger partial charge in [-0.15, -0.1) is 48.0 Å². The Balaban J connectivity index is -0.0000000600. The van der Waals surface area contributed by atoms with Crippen LogP contribution in [0.25, 0.3) is 0 Å². The molecule has 0 aromatic heterocycles. The molecule has 10 heavy (non-hydrogen) atoms. The lowest BCUT2D eigenvalue weighted by atomic mass is 10.5. The maximum absolute atomic E-state index is 8.39. The fourth-order valence-electron chi connectivity index (χ4n) is 0.300. The van der Waals surface area contributed by atoms with Crippen LogP contribution in [-0.2, 0) is 0 Å². The van der Waals surface area contributed by atoms with Gasteiger partial charge in [0, 0.05) is 0 Å². The predicted molar refractivity (Wildman–Crippen MR) is 60.8 cm³/mol. The minimum atomic E-state index is 0. The smallest absolute Gasteiger partial charge is 0.101 e. The number of halogens is 3. The predicted octanol–water partition coefficient (Wildman–Crippen LogP) is -2.08. The highest BCUT2D eigenvalue weighted by molar-refractivity contribution is 14.0. The Morgan fingerprint density at radius 2 is 1.40 bits per heavy atom. The van der Waals surface area contributed by atoms with E-state index >= 15 is 0 Å². The summed E-state index contributed by atoms with van der Waals surface area (Å²) in [5.41, 5.74) is 0. The minimum Gasteiger partial charge on any atom is -1.00 e. The Bertz CT molecular complexity index is 55.3. The van der Waals surface area contributed by atoms with Crippen molar-refractivity contribution in [2.24, 2.45) is 0 Å². The van der Waals surface area contributed by atoms with Crippen LogP contribution in [0.3, 0.4) is 0 Å². The molecule has 0 amide bonds. The molecule has 0 fully saturated rings. The van der Waals surface area contributed by atoms with Gasteiger partial charge in [-0.1, -0.05) is 0 Å². The van der Waals surface area contributed by atoms with E-state index in [1.54, 1.807) is 0 Å². The first-order valence-corrected chi connectivity index (χ1v) is 2.47. The first-order valence-electron chi connectivity index (χ1n) is 2.47. The third-order valence-electron chi connectivity index (χ3n) is 0.771.